The fraction of sp³-hybridized carbons (Fsp3) is 0. The van der Waals surface area contributed by atoms with Gasteiger partial charge in [0.2, 0.25) is 0 Å². The van der Waals surface area contributed by atoms with E-state index in [2.05, 4.69) is 9.71 Å². The predicted molar refractivity (Wildman–Crippen MR) is 88.4 cm³/mol. The zero-order chi connectivity index (χ0) is 15.7. The molecule has 112 valence electrons. The van der Waals surface area contributed by atoms with E-state index in [4.69, 9.17) is 23.2 Å². The molecule has 0 amide bonds. The zero-order valence-electron chi connectivity index (χ0n) is 11.1. The Hall–Kier alpha value is -1.82. The van der Waals surface area contributed by atoms with Gasteiger partial charge >= 0.3 is 0 Å². The maximum Gasteiger partial charge on any atom is 0.125 e. The van der Waals surface area contributed by atoms with Gasteiger partial charge in [0.15, 0.2) is 0 Å². The van der Waals surface area contributed by atoms with Crippen molar-refractivity contribution >= 4 is 49.8 Å². The van der Waals surface area contributed by atoms with Crippen molar-refractivity contribution in [2.75, 3.05) is 0 Å². The third kappa shape index (κ3) is 2.88. The molecule has 0 unspecified atom stereocenters. The molecule has 4 nitrogen and oxygen atoms in total. The minimum Gasteiger partial charge on any atom is -0.571 e. The summed E-state index contributed by atoms with van der Waals surface area (Å²) in [5.74, 6) is 0. The number of hydrogen-bond donors (Lipinski definition) is 0. The van der Waals surface area contributed by atoms with Crippen LogP contribution in [0.4, 0.5) is 5.69 Å². The number of fused-ring (bicyclic) bond motifs is 1. The van der Waals surface area contributed by atoms with E-state index in [1.807, 2.05) is 0 Å². The minimum atomic E-state index is -3.96. The lowest BCUT2D eigenvalue weighted by molar-refractivity contribution is 0.604. The van der Waals surface area contributed by atoms with Crippen molar-refractivity contribution < 1.29 is 8.42 Å². The number of sulfonamides is 1. The Morgan fingerprint density at radius 1 is 1.00 bits per heavy atom. The number of para-hydroxylation sites is 1. The number of aromatic nitrogens is 1. The summed E-state index contributed by atoms with van der Waals surface area (Å²) in [6.07, 6.45) is 1.54. The SMILES string of the molecule is O=S(=O)([N-]c1cc(Cl)ccc1Cl)c1cccc2cccnc12. The average Bonchev–Trinajstić information content (AvgIpc) is 2.50. The molecule has 0 aliphatic heterocycles. The summed E-state index contributed by atoms with van der Waals surface area (Å²) in [6.45, 7) is 0. The van der Waals surface area contributed by atoms with Crippen molar-refractivity contribution in [3.8, 4) is 0 Å². The quantitative estimate of drug-likeness (QED) is 0.671. The summed E-state index contributed by atoms with van der Waals surface area (Å²) in [6, 6.07) is 12.9. The Labute approximate surface area is 137 Å². The first kappa shape index (κ1) is 15.1. The van der Waals surface area contributed by atoms with Gasteiger partial charge in [-0.1, -0.05) is 47.5 Å². The molecule has 0 spiro atoms. The highest BCUT2D eigenvalue weighted by Crippen LogP contribution is 2.37. The standard InChI is InChI=1S/C15H9Cl2N2O2S/c16-11-6-7-12(17)13(9-11)19-22(20,21)14-5-1-3-10-4-2-8-18-15(10)14/h1-9H/q-1. The van der Waals surface area contributed by atoms with E-state index in [9.17, 15) is 8.42 Å². The third-order valence-corrected chi connectivity index (χ3v) is 4.88. The molecule has 0 radical (unpaired) electrons. The maximum atomic E-state index is 12.6. The van der Waals surface area contributed by atoms with E-state index in [1.54, 1.807) is 30.3 Å². The first-order valence-electron chi connectivity index (χ1n) is 6.24. The molecule has 1 aromatic heterocycles. The van der Waals surface area contributed by atoms with Crippen molar-refractivity contribution in [3.05, 3.63) is 69.5 Å². The monoisotopic (exact) mass is 351 g/mol. The van der Waals surface area contributed by atoms with Crippen molar-refractivity contribution in [1.82, 2.24) is 4.98 Å². The molecule has 0 fully saturated rings. The third-order valence-electron chi connectivity index (χ3n) is 3.00. The second-order valence-corrected chi connectivity index (χ2v) is 6.91. The zero-order valence-corrected chi connectivity index (χ0v) is 13.4. The van der Waals surface area contributed by atoms with Crippen molar-refractivity contribution in [2.45, 2.75) is 4.90 Å². The van der Waals surface area contributed by atoms with Crippen LogP contribution in [0.25, 0.3) is 15.6 Å². The van der Waals surface area contributed by atoms with Gasteiger partial charge < -0.3 is 4.72 Å². The Kier molecular flexibility index (Phi) is 3.95. The average molecular weight is 352 g/mol. The molecule has 22 heavy (non-hydrogen) atoms. The maximum absolute atomic E-state index is 12.6. The molecular weight excluding hydrogens is 343 g/mol. The number of pyridine rings is 1. The van der Waals surface area contributed by atoms with Gasteiger partial charge in [0, 0.05) is 21.6 Å². The van der Waals surface area contributed by atoms with E-state index < -0.39 is 10.0 Å². The Morgan fingerprint density at radius 2 is 1.77 bits per heavy atom. The summed E-state index contributed by atoms with van der Waals surface area (Å²) >= 11 is 11.8. The van der Waals surface area contributed by atoms with Crippen LogP contribution in [0.1, 0.15) is 0 Å². The second-order valence-electron chi connectivity index (χ2n) is 4.49. The smallest absolute Gasteiger partial charge is 0.125 e. The molecule has 3 rings (SSSR count). The largest absolute Gasteiger partial charge is 0.571 e. The lowest BCUT2D eigenvalue weighted by Gasteiger charge is -2.23. The van der Waals surface area contributed by atoms with E-state index in [1.165, 1.54) is 24.4 Å². The van der Waals surface area contributed by atoms with Gasteiger partial charge in [0.05, 0.1) is 10.4 Å². The van der Waals surface area contributed by atoms with Crippen LogP contribution in [0, 0.1) is 0 Å². The number of nitrogens with zero attached hydrogens (tertiary/aromatic N) is 2. The first-order valence-corrected chi connectivity index (χ1v) is 8.44. The molecular formula is C15H9Cl2N2O2S-. The summed E-state index contributed by atoms with van der Waals surface area (Å²) in [4.78, 5) is 4.16. The topological polar surface area (TPSA) is 61.1 Å². The highest BCUT2D eigenvalue weighted by Gasteiger charge is 2.11. The van der Waals surface area contributed by atoms with Crippen molar-refractivity contribution in [1.29, 1.82) is 0 Å². The van der Waals surface area contributed by atoms with E-state index >= 15 is 0 Å². The molecule has 0 aliphatic rings. The van der Waals surface area contributed by atoms with Crippen LogP contribution < -0.4 is 0 Å². The van der Waals surface area contributed by atoms with E-state index in [-0.39, 0.29) is 15.6 Å². The van der Waals surface area contributed by atoms with Crippen LogP contribution in [0.5, 0.6) is 0 Å². The van der Waals surface area contributed by atoms with Gasteiger partial charge in [-0.3, -0.25) is 4.98 Å². The Morgan fingerprint density at radius 3 is 2.59 bits per heavy atom. The van der Waals surface area contributed by atoms with E-state index in [0.29, 0.717) is 10.5 Å². The fourth-order valence-electron chi connectivity index (χ4n) is 2.02. The molecule has 0 atom stereocenters. The van der Waals surface area contributed by atoms with Gasteiger partial charge in [-0.05, 0) is 24.3 Å². The van der Waals surface area contributed by atoms with Crippen molar-refractivity contribution in [3.63, 3.8) is 0 Å². The van der Waals surface area contributed by atoms with Gasteiger partial charge in [-0.15, -0.1) is 5.69 Å². The summed E-state index contributed by atoms with van der Waals surface area (Å²) in [5, 5.41) is 1.28. The van der Waals surface area contributed by atoms with Gasteiger partial charge in [0.25, 0.3) is 0 Å². The van der Waals surface area contributed by atoms with Gasteiger partial charge in [-0.25, -0.2) is 8.42 Å². The van der Waals surface area contributed by atoms with Crippen molar-refractivity contribution in [2.24, 2.45) is 0 Å². The number of hydrogen-bond acceptors (Lipinski definition) is 3. The summed E-state index contributed by atoms with van der Waals surface area (Å²) in [5.41, 5.74) is 0.467. The van der Waals surface area contributed by atoms with Crippen LogP contribution in [-0.2, 0) is 10.0 Å². The molecule has 0 bridgehead atoms. The Bertz CT molecular complexity index is 953. The summed E-state index contributed by atoms with van der Waals surface area (Å²) < 4.78 is 28.9. The number of halogens is 2. The number of rotatable bonds is 3. The van der Waals surface area contributed by atoms with Gasteiger partial charge in [-0.2, -0.15) is 0 Å². The first-order chi connectivity index (χ1) is 10.5. The molecule has 0 saturated heterocycles. The molecule has 0 aliphatic carbocycles. The summed E-state index contributed by atoms with van der Waals surface area (Å²) in [7, 11) is -3.96. The molecule has 7 heteroatoms. The lowest BCUT2D eigenvalue weighted by atomic mass is 10.2. The lowest BCUT2D eigenvalue weighted by Crippen LogP contribution is -2.00. The molecule has 3 aromatic rings. The highest BCUT2D eigenvalue weighted by molar-refractivity contribution is 7.94. The molecule has 0 N–H and O–H groups in total. The molecule has 1 heterocycles. The normalized spacial score (nSPS) is 11.5. The van der Waals surface area contributed by atoms with Crippen LogP contribution in [0.2, 0.25) is 10.0 Å². The molecule has 0 saturated carbocycles. The fourth-order valence-corrected chi connectivity index (χ4v) is 3.57. The number of benzene rings is 2. The van der Waals surface area contributed by atoms with E-state index in [0.717, 1.165) is 5.39 Å². The van der Waals surface area contributed by atoms with Gasteiger partial charge in [0.1, 0.15) is 10.0 Å². The van der Waals surface area contributed by atoms with Crippen LogP contribution in [0.15, 0.2) is 59.6 Å². The van der Waals surface area contributed by atoms with Crippen LogP contribution >= 0.6 is 23.2 Å². The predicted octanol–water partition coefficient (Wildman–Crippen LogP) is 4.94. The molecule has 2 aromatic carbocycles. The highest BCUT2D eigenvalue weighted by atomic mass is 35.5. The minimum absolute atomic E-state index is 0.0293. The van der Waals surface area contributed by atoms with Crippen LogP contribution in [0.3, 0.4) is 0 Å². The Balaban J connectivity index is 2.11. The van der Waals surface area contributed by atoms with Crippen LogP contribution in [-0.4, -0.2) is 13.4 Å². The second kappa shape index (κ2) is 5.76.